The van der Waals surface area contributed by atoms with E-state index in [2.05, 4.69) is 42.2 Å². The quantitative estimate of drug-likeness (QED) is 0.868. The highest BCUT2D eigenvalue weighted by molar-refractivity contribution is 5.50. The Morgan fingerprint density at radius 3 is 2.19 bits per heavy atom. The van der Waals surface area contributed by atoms with Crippen LogP contribution in [0.5, 0.6) is 5.75 Å². The number of hydrogen-bond donors (Lipinski definition) is 1. The van der Waals surface area contributed by atoms with Crippen molar-refractivity contribution in [1.82, 2.24) is 0 Å². The molecule has 2 heteroatoms. The summed E-state index contributed by atoms with van der Waals surface area (Å²) in [5, 5.41) is 9.32. The fourth-order valence-corrected chi connectivity index (χ4v) is 2.56. The van der Waals surface area contributed by atoms with E-state index >= 15 is 0 Å². The molecule has 1 heterocycles. The summed E-state index contributed by atoms with van der Waals surface area (Å²) in [6.45, 7) is 4.42. The number of aryl methyl sites for hydroxylation is 1. The predicted molar refractivity (Wildman–Crippen MR) is 90.0 cm³/mol. The lowest BCUT2D eigenvalue weighted by atomic mass is 10.1. The Kier molecular flexibility index (Phi) is 6.14. The molecule has 112 valence electrons. The fourth-order valence-electron chi connectivity index (χ4n) is 2.56. The molecule has 0 radical (unpaired) electrons. The van der Waals surface area contributed by atoms with Crippen LogP contribution in [0.15, 0.2) is 54.6 Å². The highest BCUT2D eigenvalue weighted by atomic mass is 16.3. The van der Waals surface area contributed by atoms with Crippen LogP contribution in [0, 0.1) is 0 Å². The maximum atomic E-state index is 9.32. The van der Waals surface area contributed by atoms with Crippen molar-refractivity contribution in [2.24, 2.45) is 0 Å². The summed E-state index contributed by atoms with van der Waals surface area (Å²) in [4.78, 5) is 2.34. The lowest BCUT2D eigenvalue weighted by Gasteiger charge is -2.28. The molecule has 0 atom stereocenters. The molecule has 0 spiro atoms. The topological polar surface area (TPSA) is 23.5 Å². The molecule has 1 fully saturated rings. The number of aromatic hydroxyl groups is 1. The van der Waals surface area contributed by atoms with Crippen molar-refractivity contribution in [3.63, 3.8) is 0 Å². The van der Waals surface area contributed by atoms with Gasteiger partial charge in [0.2, 0.25) is 0 Å². The molecule has 2 aromatic carbocycles. The van der Waals surface area contributed by atoms with E-state index in [9.17, 15) is 5.11 Å². The summed E-state index contributed by atoms with van der Waals surface area (Å²) in [6.07, 6.45) is 5.03. The molecule has 1 aliphatic rings. The standard InChI is InChI=1S/C11H15NO.C8H10/c13-11-6-4-5-10(9-11)12-7-2-1-3-8-12;1-2-8-6-4-3-5-7-8/h4-6,9,13H,1-3,7-8H2;3-7H,2H2,1H3. The number of nitrogens with zero attached hydrogens (tertiary/aromatic N) is 1. The second kappa shape index (κ2) is 8.35. The molecule has 3 rings (SSSR count). The molecule has 0 aliphatic carbocycles. The second-order valence-corrected chi connectivity index (χ2v) is 5.41. The van der Waals surface area contributed by atoms with Gasteiger partial charge in [0.05, 0.1) is 0 Å². The van der Waals surface area contributed by atoms with Gasteiger partial charge in [-0.1, -0.05) is 43.3 Å². The molecular formula is C19H25NO. The zero-order valence-corrected chi connectivity index (χ0v) is 12.8. The number of piperidine rings is 1. The summed E-state index contributed by atoms with van der Waals surface area (Å²) < 4.78 is 0. The van der Waals surface area contributed by atoms with Crippen LogP contribution in [0.4, 0.5) is 5.69 Å². The molecule has 2 aromatic rings. The molecule has 0 amide bonds. The third kappa shape index (κ3) is 5.14. The van der Waals surface area contributed by atoms with E-state index in [-0.39, 0.29) is 0 Å². The minimum absolute atomic E-state index is 0.364. The van der Waals surface area contributed by atoms with Gasteiger partial charge in [-0.25, -0.2) is 0 Å². The normalized spacial score (nSPS) is 14.2. The van der Waals surface area contributed by atoms with E-state index in [4.69, 9.17) is 0 Å². The highest BCUT2D eigenvalue weighted by Crippen LogP contribution is 2.23. The Morgan fingerprint density at radius 2 is 1.62 bits per heavy atom. The molecule has 0 bridgehead atoms. The van der Waals surface area contributed by atoms with E-state index in [1.807, 2.05) is 18.2 Å². The first-order valence-corrected chi connectivity index (χ1v) is 7.87. The number of phenolic OH excluding ortho intramolecular Hbond substituents is 1. The van der Waals surface area contributed by atoms with Gasteiger partial charge in [0.25, 0.3) is 0 Å². The van der Waals surface area contributed by atoms with Gasteiger partial charge >= 0.3 is 0 Å². The summed E-state index contributed by atoms with van der Waals surface area (Å²) in [5.41, 5.74) is 2.56. The third-order valence-electron chi connectivity index (χ3n) is 3.80. The summed E-state index contributed by atoms with van der Waals surface area (Å²) in [7, 11) is 0. The molecule has 1 aliphatic heterocycles. The van der Waals surface area contributed by atoms with Crippen LogP contribution in [0.3, 0.4) is 0 Å². The van der Waals surface area contributed by atoms with Gasteiger partial charge in [-0.05, 0) is 43.4 Å². The fraction of sp³-hybridized carbons (Fsp3) is 0.368. The van der Waals surface area contributed by atoms with Crippen LogP contribution in [-0.2, 0) is 6.42 Å². The summed E-state index contributed by atoms with van der Waals surface area (Å²) in [6, 6.07) is 18.0. The van der Waals surface area contributed by atoms with Crippen LogP contribution in [0.2, 0.25) is 0 Å². The summed E-state index contributed by atoms with van der Waals surface area (Å²) in [5.74, 6) is 0.364. The zero-order chi connectivity index (χ0) is 14.9. The molecule has 1 N–H and O–H groups in total. The molecule has 0 unspecified atom stereocenters. The number of anilines is 1. The van der Waals surface area contributed by atoms with Gasteiger partial charge in [0.1, 0.15) is 5.75 Å². The van der Waals surface area contributed by atoms with Crippen molar-refractivity contribution in [2.45, 2.75) is 32.6 Å². The first kappa shape index (κ1) is 15.4. The van der Waals surface area contributed by atoms with E-state index in [1.54, 1.807) is 6.07 Å². The maximum absolute atomic E-state index is 9.32. The minimum Gasteiger partial charge on any atom is -0.508 e. The molecule has 21 heavy (non-hydrogen) atoms. The van der Waals surface area contributed by atoms with Crippen molar-refractivity contribution in [2.75, 3.05) is 18.0 Å². The van der Waals surface area contributed by atoms with Crippen LogP contribution in [0.1, 0.15) is 31.7 Å². The van der Waals surface area contributed by atoms with E-state index in [1.165, 1.54) is 24.8 Å². The Bertz CT molecular complexity index is 518. The lowest BCUT2D eigenvalue weighted by Crippen LogP contribution is -2.29. The molecule has 2 nitrogen and oxygen atoms in total. The van der Waals surface area contributed by atoms with E-state index < -0.39 is 0 Å². The zero-order valence-electron chi connectivity index (χ0n) is 12.8. The second-order valence-electron chi connectivity index (χ2n) is 5.41. The van der Waals surface area contributed by atoms with Gasteiger partial charge in [0, 0.05) is 24.8 Å². The van der Waals surface area contributed by atoms with Crippen molar-refractivity contribution in [3.8, 4) is 5.75 Å². The monoisotopic (exact) mass is 283 g/mol. The van der Waals surface area contributed by atoms with Crippen LogP contribution < -0.4 is 4.90 Å². The van der Waals surface area contributed by atoms with Crippen molar-refractivity contribution in [3.05, 3.63) is 60.2 Å². The van der Waals surface area contributed by atoms with Gasteiger partial charge in [-0.3, -0.25) is 0 Å². The number of hydrogen-bond acceptors (Lipinski definition) is 2. The molecular weight excluding hydrogens is 258 g/mol. The van der Waals surface area contributed by atoms with Crippen LogP contribution in [0.25, 0.3) is 0 Å². The Balaban J connectivity index is 0.000000173. The minimum atomic E-state index is 0.364. The first-order valence-electron chi connectivity index (χ1n) is 7.87. The number of rotatable bonds is 2. The molecule has 1 saturated heterocycles. The van der Waals surface area contributed by atoms with Gasteiger partial charge in [-0.15, -0.1) is 0 Å². The predicted octanol–water partition coefficient (Wildman–Crippen LogP) is 4.63. The van der Waals surface area contributed by atoms with Crippen molar-refractivity contribution < 1.29 is 5.11 Å². The Morgan fingerprint density at radius 1 is 0.905 bits per heavy atom. The van der Waals surface area contributed by atoms with Crippen molar-refractivity contribution >= 4 is 5.69 Å². The maximum Gasteiger partial charge on any atom is 0.117 e. The number of benzene rings is 2. The van der Waals surface area contributed by atoms with Gasteiger partial charge in [0.15, 0.2) is 0 Å². The van der Waals surface area contributed by atoms with E-state index in [0.29, 0.717) is 5.75 Å². The summed E-state index contributed by atoms with van der Waals surface area (Å²) >= 11 is 0. The van der Waals surface area contributed by atoms with Crippen LogP contribution >= 0.6 is 0 Å². The highest BCUT2D eigenvalue weighted by Gasteiger charge is 2.10. The SMILES string of the molecule is CCc1ccccc1.Oc1cccc(N2CCCCC2)c1. The smallest absolute Gasteiger partial charge is 0.117 e. The average molecular weight is 283 g/mol. The van der Waals surface area contributed by atoms with Gasteiger partial charge < -0.3 is 10.0 Å². The van der Waals surface area contributed by atoms with Crippen LogP contribution in [-0.4, -0.2) is 18.2 Å². The largest absolute Gasteiger partial charge is 0.508 e. The molecule has 0 aromatic heterocycles. The van der Waals surface area contributed by atoms with Crippen molar-refractivity contribution in [1.29, 1.82) is 0 Å². The third-order valence-corrected chi connectivity index (χ3v) is 3.80. The van der Waals surface area contributed by atoms with E-state index in [0.717, 1.165) is 25.2 Å². The number of phenols is 1. The molecule has 0 saturated carbocycles. The average Bonchev–Trinajstić information content (AvgIpc) is 2.57. The Labute approximate surface area is 128 Å². The lowest BCUT2D eigenvalue weighted by molar-refractivity contribution is 0.474. The first-order chi connectivity index (χ1) is 10.3. The Hall–Kier alpha value is -1.96. The van der Waals surface area contributed by atoms with Gasteiger partial charge in [-0.2, -0.15) is 0 Å².